The number of hydrogen-bond donors (Lipinski definition) is 0. The number of benzene rings is 1. The highest BCUT2D eigenvalue weighted by atomic mass is 79.9. The Balaban J connectivity index is 2.20. The Morgan fingerprint density at radius 3 is 2.67 bits per heavy atom. The van der Waals surface area contributed by atoms with Crippen molar-refractivity contribution >= 4 is 21.8 Å². The summed E-state index contributed by atoms with van der Waals surface area (Å²) in [5, 5.41) is 0.978. The van der Waals surface area contributed by atoms with E-state index >= 15 is 0 Å². The molecule has 0 radical (unpaired) electrons. The van der Waals surface area contributed by atoms with Gasteiger partial charge in [-0.3, -0.25) is 4.79 Å². The SMILES string of the molecule is CC(CBr)CC(C)(C)N1Cc2ccccc2C1=O. The van der Waals surface area contributed by atoms with Gasteiger partial charge in [0.2, 0.25) is 0 Å². The topological polar surface area (TPSA) is 20.3 Å². The predicted octanol–water partition coefficient (Wildman–Crippen LogP) is 3.84. The normalized spacial score (nSPS) is 16.9. The zero-order chi connectivity index (χ0) is 13.3. The van der Waals surface area contributed by atoms with Gasteiger partial charge in [-0.05, 0) is 37.8 Å². The van der Waals surface area contributed by atoms with E-state index in [2.05, 4.69) is 42.8 Å². The minimum atomic E-state index is -0.0940. The number of fused-ring (bicyclic) bond motifs is 1. The molecule has 1 heterocycles. The number of carbonyl (C=O) groups excluding carboxylic acids is 1. The maximum absolute atomic E-state index is 12.4. The summed E-state index contributed by atoms with van der Waals surface area (Å²) < 4.78 is 0. The number of halogens is 1. The molecule has 1 amide bonds. The number of rotatable bonds is 4. The number of amides is 1. The van der Waals surface area contributed by atoms with Gasteiger partial charge >= 0.3 is 0 Å². The predicted molar refractivity (Wildman–Crippen MR) is 78.0 cm³/mol. The van der Waals surface area contributed by atoms with Crippen LogP contribution >= 0.6 is 15.9 Å². The summed E-state index contributed by atoms with van der Waals surface area (Å²) in [6.07, 6.45) is 1.01. The first kappa shape index (κ1) is 13.6. The number of alkyl halides is 1. The van der Waals surface area contributed by atoms with E-state index < -0.39 is 0 Å². The summed E-state index contributed by atoms with van der Waals surface area (Å²) >= 11 is 3.52. The lowest BCUT2D eigenvalue weighted by Crippen LogP contribution is -2.45. The van der Waals surface area contributed by atoms with Gasteiger partial charge in [0.15, 0.2) is 0 Å². The molecule has 1 aromatic carbocycles. The van der Waals surface area contributed by atoms with E-state index in [0.717, 1.165) is 29.4 Å². The average Bonchev–Trinajstić information content (AvgIpc) is 2.68. The average molecular weight is 310 g/mol. The fraction of sp³-hybridized carbons (Fsp3) is 0.533. The molecule has 1 aliphatic rings. The van der Waals surface area contributed by atoms with Gasteiger partial charge in [0.1, 0.15) is 0 Å². The molecule has 0 spiro atoms. The minimum Gasteiger partial charge on any atom is -0.329 e. The van der Waals surface area contributed by atoms with Crippen LogP contribution < -0.4 is 0 Å². The van der Waals surface area contributed by atoms with E-state index in [1.807, 2.05) is 23.1 Å². The van der Waals surface area contributed by atoms with Crippen LogP contribution in [0.4, 0.5) is 0 Å². The lowest BCUT2D eigenvalue weighted by molar-refractivity contribution is 0.0529. The van der Waals surface area contributed by atoms with Crippen LogP contribution in [0, 0.1) is 5.92 Å². The van der Waals surface area contributed by atoms with Gasteiger partial charge in [-0.1, -0.05) is 41.1 Å². The first-order valence-corrected chi connectivity index (χ1v) is 7.53. The fourth-order valence-electron chi connectivity index (χ4n) is 2.76. The van der Waals surface area contributed by atoms with Crippen molar-refractivity contribution in [2.45, 2.75) is 39.3 Å². The second-order valence-corrected chi connectivity index (χ2v) is 6.47. The van der Waals surface area contributed by atoms with Gasteiger partial charge in [0, 0.05) is 23.0 Å². The Labute approximate surface area is 117 Å². The Bertz CT molecular complexity index is 456. The molecule has 2 rings (SSSR count). The summed E-state index contributed by atoms with van der Waals surface area (Å²) in [5.74, 6) is 0.744. The molecule has 0 saturated heterocycles. The highest BCUT2D eigenvalue weighted by molar-refractivity contribution is 9.09. The second-order valence-electron chi connectivity index (χ2n) is 5.82. The van der Waals surface area contributed by atoms with Crippen molar-refractivity contribution in [2.24, 2.45) is 5.92 Å². The molecule has 3 heteroatoms. The van der Waals surface area contributed by atoms with E-state index in [0.29, 0.717) is 5.92 Å². The molecule has 0 saturated carbocycles. The van der Waals surface area contributed by atoms with E-state index in [-0.39, 0.29) is 11.4 Å². The standard InChI is InChI=1S/C15H20BrNO/c1-11(9-16)8-15(2,3)17-10-12-6-4-5-7-13(12)14(17)18/h4-7,11H,8-10H2,1-3H3. The minimum absolute atomic E-state index is 0.0940. The molecule has 98 valence electrons. The summed E-state index contributed by atoms with van der Waals surface area (Å²) in [6.45, 7) is 7.28. The molecule has 0 N–H and O–H groups in total. The fourth-order valence-corrected chi connectivity index (χ4v) is 2.99. The summed E-state index contributed by atoms with van der Waals surface area (Å²) in [4.78, 5) is 14.4. The number of nitrogens with zero attached hydrogens (tertiary/aromatic N) is 1. The first-order valence-electron chi connectivity index (χ1n) is 6.41. The number of carbonyl (C=O) groups is 1. The zero-order valence-corrected chi connectivity index (χ0v) is 12.8. The monoisotopic (exact) mass is 309 g/mol. The van der Waals surface area contributed by atoms with Crippen molar-refractivity contribution in [1.29, 1.82) is 0 Å². The van der Waals surface area contributed by atoms with Gasteiger partial charge in [0.25, 0.3) is 5.91 Å². The van der Waals surface area contributed by atoms with Gasteiger partial charge in [-0.2, -0.15) is 0 Å². The lowest BCUT2D eigenvalue weighted by atomic mass is 9.91. The van der Waals surface area contributed by atoms with Crippen LogP contribution in [0.3, 0.4) is 0 Å². The van der Waals surface area contributed by atoms with Crippen molar-refractivity contribution in [3.05, 3.63) is 35.4 Å². The third kappa shape index (κ3) is 2.46. The smallest absolute Gasteiger partial charge is 0.254 e. The van der Waals surface area contributed by atoms with E-state index in [1.54, 1.807) is 0 Å². The number of hydrogen-bond acceptors (Lipinski definition) is 1. The molecule has 0 bridgehead atoms. The quantitative estimate of drug-likeness (QED) is 0.774. The molecule has 1 atom stereocenters. The molecule has 0 aliphatic carbocycles. The van der Waals surface area contributed by atoms with Crippen molar-refractivity contribution in [1.82, 2.24) is 4.90 Å². The maximum Gasteiger partial charge on any atom is 0.254 e. The summed E-state index contributed by atoms with van der Waals surface area (Å²) in [7, 11) is 0. The van der Waals surface area contributed by atoms with Crippen LogP contribution in [0.15, 0.2) is 24.3 Å². The third-order valence-corrected chi connectivity index (χ3v) is 4.77. The van der Waals surface area contributed by atoms with Crippen LogP contribution in [0.1, 0.15) is 43.1 Å². The summed E-state index contributed by atoms with van der Waals surface area (Å²) in [6, 6.07) is 7.93. The molecular formula is C15H20BrNO. The molecule has 18 heavy (non-hydrogen) atoms. The van der Waals surface area contributed by atoms with Crippen molar-refractivity contribution in [3.63, 3.8) is 0 Å². The first-order chi connectivity index (χ1) is 8.45. The molecule has 0 fully saturated rings. The molecule has 1 unspecified atom stereocenters. The van der Waals surface area contributed by atoms with Crippen LogP contribution in [0.25, 0.3) is 0 Å². The molecule has 1 aromatic rings. The highest BCUT2D eigenvalue weighted by Gasteiger charge is 2.37. The Morgan fingerprint density at radius 2 is 2.06 bits per heavy atom. The summed E-state index contributed by atoms with van der Waals surface area (Å²) in [5.41, 5.74) is 1.93. The van der Waals surface area contributed by atoms with E-state index in [1.165, 1.54) is 0 Å². The van der Waals surface area contributed by atoms with Crippen molar-refractivity contribution in [2.75, 3.05) is 5.33 Å². The third-order valence-electron chi connectivity index (χ3n) is 3.66. The van der Waals surface area contributed by atoms with Crippen LogP contribution in [0.5, 0.6) is 0 Å². The van der Waals surface area contributed by atoms with E-state index in [4.69, 9.17) is 0 Å². The Morgan fingerprint density at radius 1 is 1.39 bits per heavy atom. The van der Waals surface area contributed by atoms with Gasteiger partial charge in [-0.25, -0.2) is 0 Å². The van der Waals surface area contributed by atoms with E-state index in [9.17, 15) is 4.79 Å². The van der Waals surface area contributed by atoms with Gasteiger partial charge < -0.3 is 4.90 Å². The zero-order valence-electron chi connectivity index (χ0n) is 11.2. The maximum atomic E-state index is 12.4. The van der Waals surface area contributed by atoms with Gasteiger partial charge in [0.05, 0.1) is 0 Å². The second kappa shape index (κ2) is 5.04. The molecule has 1 aliphatic heterocycles. The molecule has 0 aromatic heterocycles. The Hall–Kier alpha value is -0.830. The lowest BCUT2D eigenvalue weighted by Gasteiger charge is -2.37. The van der Waals surface area contributed by atoms with Crippen LogP contribution in [0.2, 0.25) is 0 Å². The van der Waals surface area contributed by atoms with Crippen LogP contribution in [-0.2, 0) is 6.54 Å². The Kier molecular flexibility index (Phi) is 3.81. The highest BCUT2D eigenvalue weighted by Crippen LogP contribution is 2.33. The molecular weight excluding hydrogens is 290 g/mol. The van der Waals surface area contributed by atoms with Crippen LogP contribution in [-0.4, -0.2) is 21.7 Å². The van der Waals surface area contributed by atoms with Crippen molar-refractivity contribution in [3.8, 4) is 0 Å². The van der Waals surface area contributed by atoms with Crippen molar-refractivity contribution < 1.29 is 4.79 Å². The van der Waals surface area contributed by atoms with Gasteiger partial charge in [-0.15, -0.1) is 0 Å². The molecule has 2 nitrogen and oxygen atoms in total. The largest absolute Gasteiger partial charge is 0.329 e.